The van der Waals surface area contributed by atoms with Gasteiger partial charge in [0.05, 0.1) is 0 Å². The number of rotatable bonds is 6. The number of carbonyl (C=O) groups excluding carboxylic acids is 1. The number of likely N-dealkylation sites (tertiary alicyclic amines) is 1. The predicted octanol–water partition coefficient (Wildman–Crippen LogP) is 2.81. The van der Waals surface area contributed by atoms with E-state index in [0.717, 1.165) is 32.5 Å². The molecular weight excluding hydrogens is 326 g/mol. The average molecular weight is 351 g/mol. The van der Waals surface area contributed by atoms with Crippen molar-refractivity contribution >= 4 is 11.8 Å². The molecule has 1 aliphatic heterocycles. The van der Waals surface area contributed by atoms with Gasteiger partial charge in [-0.2, -0.15) is 0 Å². The second kappa shape index (κ2) is 9.15. The van der Waals surface area contributed by atoms with Crippen LogP contribution in [0.3, 0.4) is 0 Å². The van der Waals surface area contributed by atoms with Gasteiger partial charge in [0.25, 0.3) is 5.91 Å². The molecule has 2 aromatic rings. The molecule has 136 valence electrons. The van der Waals surface area contributed by atoms with Crippen molar-refractivity contribution in [3.63, 3.8) is 0 Å². The molecule has 1 fully saturated rings. The van der Waals surface area contributed by atoms with Gasteiger partial charge in [0.1, 0.15) is 0 Å². The highest BCUT2D eigenvalue weighted by Gasteiger charge is 2.21. The summed E-state index contributed by atoms with van der Waals surface area (Å²) in [6.45, 7) is 2.79. The maximum Gasteiger partial charge on any atom is 0.258 e. The second-order valence-electron chi connectivity index (χ2n) is 6.59. The first-order valence-electron chi connectivity index (χ1n) is 9.03. The molecule has 0 aromatic heterocycles. The number of benzene rings is 2. The van der Waals surface area contributed by atoms with E-state index in [4.69, 9.17) is 10.1 Å². The van der Waals surface area contributed by atoms with E-state index < -0.39 is 0 Å². The van der Waals surface area contributed by atoms with Crippen LogP contribution in [0.4, 0.5) is 0 Å². The van der Waals surface area contributed by atoms with Gasteiger partial charge in [0.2, 0.25) is 5.90 Å². The highest BCUT2D eigenvalue weighted by Crippen LogP contribution is 2.13. The summed E-state index contributed by atoms with van der Waals surface area (Å²) in [5.74, 6) is -0.134. The van der Waals surface area contributed by atoms with E-state index in [2.05, 4.69) is 34.5 Å². The molecule has 0 unspecified atom stereocenters. The molecule has 1 saturated heterocycles. The predicted molar refractivity (Wildman–Crippen MR) is 102 cm³/mol. The van der Waals surface area contributed by atoms with Crippen molar-refractivity contribution in [2.45, 2.75) is 25.4 Å². The summed E-state index contributed by atoms with van der Waals surface area (Å²) in [5.41, 5.74) is 2.00. The zero-order chi connectivity index (χ0) is 18.2. The Hall–Kier alpha value is -2.66. The SMILES string of the molecule is N=C(OCC(=O)NC1CCN(Cc2ccccc2)CC1)c1ccccc1. The van der Waals surface area contributed by atoms with E-state index in [1.54, 1.807) is 12.1 Å². The Bertz CT molecular complexity index is 711. The van der Waals surface area contributed by atoms with Crippen LogP contribution in [0.25, 0.3) is 0 Å². The summed E-state index contributed by atoms with van der Waals surface area (Å²) in [7, 11) is 0. The second-order valence-corrected chi connectivity index (χ2v) is 6.59. The summed E-state index contributed by atoms with van der Waals surface area (Å²) < 4.78 is 5.29. The molecule has 0 atom stereocenters. The fourth-order valence-electron chi connectivity index (χ4n) is 3.16. The lowest BCUT2D eigenvalue weighted by Gasteiger charge is -2.32. The molecule has 26 heavy (non-hydrogen) atoms. The van der Waals surface area contributed by atoms with E-state index in [9.17, 15) is 4.79 Å². The van der Waals surface area contributed by atoms with Crippen LogP contribution in [0.1, 0.15) is 24.0 Å². The van der Waals surface area contributed by atoms with Gasteiger partial charge >= 0.3 is 0 Å². The molecule has 3 rings (SSSR count). The minimum Gasteiger partial charge on any atom is -0.468 e. The molecule has 1 heterocycles. The maximum absolute atomic E-state index is 12.1. The zero-order valence-corrected chi connectivity index (χ0v) is 14.9. The molecule has 2 aromatic carbocycles. The zero-order valence-electron chi connectivity index (χ0n) is 14.9. The van der Waals surface area contributed by atoms with Crippen LogP contribution in [-0.4, -0.2) is 42.4 Å². The van der Waals surface area contributed by atoms with Crippen molar-refractivity contribution in [3.05, 3.63) is 71.8 Å². The highest BCUT2D eigenvalue weighted by molar-refractivity contribution is 5.93. The Labute approximate surface area is 154 Å². The van der Waals surface area contributed by atoms with Crippen molar-refractivity contribution in [2.24, 2.45) is 0 Å². The van der Waals surface area contributed by atoms with Crippen LogP contribution in [0.15, 0.2) is 60.7 Å². The van der Waals surface area contributed by atoms with Gasteiger partial charge in [-0.15, -0.1) is 0 Å². The minimum atomic E-state index is -0.160. The molecular formula is C21H25N3O2. The van der Waals surface area contributed by atoms with Gasteiger partial charge in [-0.05, 0) is 30.5 Å². The number of ether oxygens (including phenoxy) is 1. The number of carbonyl (C=O) groups is 1. The first kappa shape index (κ1) is 18.1. The summed E-state index contributed by atoms with van der Waals surface area (Å²) in [6, 6.07) is 19.8. The van der Waals surface area contributed by atoms with E-state index >= 15 is 0 Å². The normalized spacial score (nSPS) is 15.4. The number of nitrogens with one attached hydrogen (secondary N) is 2. The fourth-order valence-corrected chi connectivity index (χ4v) is 3.16. The number of hydrogen-bond acceptors (Lipinski definition) is 4. The summed E-state index contributed by atoms with van der Waals surface area (Å²) >= 11 is 0. The summed E-state index contributed by atoms with van der Waals surface area (Å²) in [5, 5.41) is 10.9. The number of piperidine rings is 1. The molecule has 0 aliphatic carbocycles. The van der Waals surface area contributed by atoms with Crippen LogP contribution in [0.5, 0.6) is 0 Å². The quantitative estimate of drug-likeness (QED) is 0.621. The van der Waals surface area contributed by atoms with Crippen LogP contribution in [-0.2, 0) is 16.1 Å². The Morgan fingerprint density at radius 1 is 1.04 bits per heavy atom. The van der Waals surface area contributed by atoms with Crippen molar-refractivity contribution in [3.8, 4) is 0 Å². The Morgan fingerprint density at radius 2 is 1.65 bits per heavy atom. The number of hydrogen-bond donors (Lipinski definition) is 2. The Kier molecular flexibility index (Phi) is 6.39. The van der Waals surface area contributed by atoms with Crippen LogP contribution < -0.4 is 5.32 Å². The van der Waals surface area contributed by atoms with Crippen LogP contribution in [0, 0.1) is 5.41 Å². The number of nitrogens with zero attached hydrogens (tertiary/aromatic N) is 1. The molecule has 1 aliphatic rings. The molecule has 0 bridgehead atoms. The Balaban J connectivity index is 1.36. The monoisotopic (exact) mass is 351 g/mol. The number of amides is 1. The molecule has 5 nitrogen and oxygen atoms in total. The van der Waals surface area contributed by atoms with E-state index in [1.807, 2.05) is 24.3 Å². The maximum atomic E-state index is 12.1. The highest BCUT2D eigenvalue weighted by atomic mass is 16.5. The van der Waals surface area contributed by atoms with Crippen molar-refractivity contribution in [1.29, 1.82) is 5.41 Å². The third-order valence-electron chi connectivity index (χ3n) is 4.59. The van der Waals surface area contributed by atoms with Gasteiger partial charge < -0.3 is 10.1 Å². The topological polar surface area (TPSA) is 65.4 Å². The molecule has 1 amide bonds. The lowest BCUT2D eigenvalue weighted by atomic mass is 10.0. The van der Waals surface area contributed by atoms with E-state index in [1.165, 1.54) is 5.56 Å². The first-order valence-corrected chi connectivity index (χ1v) is 9.03. The van der Waals surface area contributed by atoms with Gasteiger partial charge in [-0.25, -0.2) is 0 Å². The molecule has 5 heteroatoms. The third kappa shape index (κ3) is 5.43. The van der Waals surface area contributed by atoms with Crippen LogP contribution in [0.2, 0.25) is 0 Å². The smallest absolute Gasteiger partial charge is 0.258 e. The molecule has 2 N–H and O–H groups in total. The Morgan fingerprint density at radius 3 is 2.31 bits per heavy atom. The van der Waals surface area contributed by atoms with Crippen LogP contribution >= 0.6 is 0 Å². The average Bonchev–Trinajstić information content (AvgIpc) is 2.69. The molecule has 0 spiro atoms. The van der Waals surface area contributed by atoms with Crippen molar-refractivity contribution in [2.75, 3.05) is 19.7 Å². The lowest BCUT2D eigenvalue weighted by Crippen LogP contribution is -2.45. The molecule has 0 saturated carbocycles. The van der Waals surface area contributed by atoms with Gasteiger partial charge in [0.15, 0.2) is 6.61 Å². The minimum absolute atomic E-state index is 0.0263. The van der Waals surface area contributed by atoms with Gasteiger partial charge in [-0.3, -0.25) is 15.1 Å². The largest absolute Gasteiger partial charge is 0.468 e. The lowest BCUT2D eigenvalue weighted by molar-refractivity contribution is -0.124. The van der Waals surface area contributed by atoms with Gasteiger partial charge in [0, 0.05) is 31.2 Å². The van der Waals surface area contributed by atoms with Crippen molar-refractivity contribution in [1.82, 2.24) is 10.2 Å². The first-order chi connectivity index (χ1) is 12.7. The fraction of sp³-hybridized carbons (Fsp3) is 0.333. The van der Waals surface area contributed by atoms with E-state index in [-0.39, 0.29) is 24.5 Å². The third-order valence-corrected chi connectivity index (χ3v) is 4.59. The summed E-state index contributed by atoms with van der Waals surface area (Å²) in [4.78, 5) is 14.5. The van der Waals surface area contributed by atoms with Gasteiger partial charge in [-0.1, -0.05) is 48.5 Å². The molecule has 0 radical (unpaired) electrons. The standard InChI is InChI=1S/C21H25N3O2/c22-21(18-9-5-2-6-10-18)26-16-20(25)23-19-11-13-24(14-12-19)15-17-7-3-1-4-8-17/h1-10,19,22H,11-16H2,(H,23,25). The summed E-state index contributed by atoms with van der Waals surface area (Å²) in [6.07, 6.45) is 1.88. The van der Waals surface area contributed by atoms with Crippen molar-refractivity contribution < 1.29 is 9.53 Å². The van der Waals surface area contributed by atoms with E-state index in [0.29, 0.717) is 5.56 Å².